The van der Waals surface area contributed by atoms with E-state index in [1.165, 1.54) is 17.7 Å². The minimum Gasteiger partial charge on any atom is -0.507 e. The molecule has 9 aromatic rings. The summed E-state index contributed by atoms with van der Waals surface area (Å²) in [7, 11) is 0. The molecule has 65 heavy (non-hydrogen) atoms. The van der Waals surface area contributed by atoms with E-state index in [0.29, 0.717) is 34.1 Å². The fourth-order valence-electron chi connectivity index (χ4n) is 8.91. The van der Waals surface area contributed by atoms with E-state index < -0.39 is 26.0 Å². The number of phenols is 1. The highest BCUT2D eigenvalue weighted by Crippen LogP contribution is 2.45. The number of para-hydroxylation sites is 1. The zero-order valence-corrected chi connectivity index (χ0v) is 37.7. The van der Waals surface area contributed by atoms with E-state index in [1.807, 2.05) is 55.5 Å². The van der Waals surface area contributed by atoms with Crippen LogP contribution >= 0.6 is 0 Å². The van der Waals surface area contributed by atoms with Gasteiger partial charge in [-0.15, -0.1) is 0 Å². The van der Waals surface area contributed by atoms with Crippen molar-refractivity contribution in [3.63, 3.8) is 0 Å². The van der Waals surface area contributed by atoms with Gasteiger partial charge in [-0.05, 0) is 135 Å². The van der Waals surface area contributed by atoms with Crippen LogP contribution in [0.5, 0.6) is 5.75 Å². The quantitative estimate of drug-likeness (QED) is 0.157. The normalized spacial score (nSPS) is 14.7. The molecule has 0 unspecified atom stereocenters. The lowest BCUT2D eigenvalue weighted by Gasteiger charge is -2.23. The van der Waals surface area contributed by atoms with Gasteiger partial charge in [-0.25, -0.2) is 4.98 Å². The molecule has 7 aromatic carbocycles. The average Bonchev–Trinajstić information content (AvgIpc) is 3.73. The largest absolute Gasteiger partial charge is 0.507 e. The van der Waals surface area contributed by atoms with E-state index in [1.54, 1.807) is 24.4 Å². The molecule has 0 radical (unpaired) electrons. The standard InChI is InChI=1S/C61H59N3O/c1-39(2)31-41-23-28-55(51(34-41)44-19-14-11-15-20-44)64-56-22-16-21-50(57(56)63-59(64)52-32-40(3)33-53(58(52)65)61(7,8)9)47-35-46(42-17-12-10-13-18-42)36-48(37-47)54-38-45(29-30-62-54)43-24-26-49(27-25-43)60(4,5)6/h10-30,32-39,65H,31H2,1-9H3/i4D3,5D3,6D3. The summed E-state index contributed by atoms with van der Waals surface area (Å²) in [6, 6.07) is 53.1. The Balaban J connectivity index is 1.26. The van der Waals surface area contributed by atoms with Crippen LogP contribution in [-0.2, 0) is 17.3 Å². The maximum atomic E-state index is 12.4. The fourth-order valence-corrected chi connectivity index (χ4v) is 8.91. The number of aromatic hydroxyl groups is 1. The van der Waals surface area contributed by atoms with Crippen LogP contribution in [0.4, 0.5) is 0 Å². The number of nitrogens with zero attached hydrogens (tertiary/aromatic N) is 3. The van der Waals surface area contributed by atoms with Gasteiger partial charge in [-0.3, -0.25) is 9.55 Å². The second-order valence-corrected chi connectivity index (χ2v) is 18.6. The molecule has 0 aliphatic heterocycles. The van der Waals surface area contributed by atoms with E-state index >= 15 is 0 Å². The third-order valence-electron chi connectivity index (χ3n) is 12.1. The number of hydrogen-bond donors (Lipinski definition) is 1. The van der Waals surface area contributed by atoms with Crippen LogP contribution < -0.4 is 0 Å². The molecular formula is C61H59N3O. The number of pyridine rings is 1. The summed E-state index contributed by atoms with van der Waals surface area (Å²) in [6.45, 7) is 2.68. The number of aryl methyl sites for hydroxylation is 1. The number of fused-ring (bicyclic) bond motifs is 1. The number of rotatable bonds is 9. The molecule has 4 nitrogen and oxygen atoms in total. The van der Waals surface area contributed by atoms with Crippen molar-refractivity contribution < 1.29 is 17.4 Å². The molecule has 0 amide bonds. The molecule has 0 bridgehead atoms. The molecule has 0 aliphatic carbocycles. The highest BCUT2D eigenvalue weighted by Gasteiger charge is 2.27. The number of hydrogen-bond acceptors (Lipinski definition) is 3. The number of imidazole rings is 1. The van der Waals surface area contributed by atoms with Crippen LogP contribution in [0, 0.1) is 12.8 Å². The highest BCUT2D eigenvalue weighted by molar-refractivity contribution is 5.98. The molecule has 9 rings (SSSR count). The first-order valence-corrected chi connectivity index (χ1v) is 22.2. The summed E-state index contributed by atoms with van der Waals surface area (Å²) in [4.78, 5) is 10.4. The summed E-state index contributed by atoms with van der Waals surface area (Å²) in [5, 5.41) is 12.4. The Morgan fingerprint density at radius 3 is 1.95 bits per heavy atom. The van der Waals surface area contributed by atoms with Crippen LogP contribution in [-0.4, -0.2) is 19.6 Å². The predicted molar refractivity (Wildman–Crippen MR) is 274 cm³/mol. The molecular weight excluding hydrogens is 791 g/mol. The lowest BCUT2D eigenvalue weighted by Crippen LogP contribution is -2.12. The lowest BCUT2D eigenvalue weighted by molar-refractivity contribution is 0.448. The number of aromatic nitrogens is 3. The van der Waals surface area contributed by atoms with Crippen LogP contribution in [0.3, 0.4) is 0 Å². The van der Waals surface area contributed by atoms with Crippen molar-refractivity contribution in [1.29, 1.82) is 0 Å². The molecule has 0 atom stereocenters. The van der Waals surface area contributed by atoms with Gasteiger partial charge >= 0.3 is 0 Å². The molecule has 0 aliphatic rings. The zero-order chi connectivity index (χ0) is 53.1. The van der Waals surface area contributed by atoms with E-state index in [4.69, 9.17) is 22.3 Å². The van der Waals surface area contributed by atoms with Gasteiger partial charge in [-0.1, -0.05) is 164 Å². The fraction of sp³-hybridized carbons (Fsp3) is 0.213. The molecule has 0 saturated heterocycles. The summed E-state index contributed by atoms with van der Waals surface area (Å²) in [5.41, 5.74) is 10.8. The van der Waals surface area contributed by atoms with Gasteiger partial charge < -0.3 is 5.11 Å². The topological polar surface area (TPSA) is 50.9 Å². The predicted octanol–water partition coefficient (Wildman–Crippen LogP) is 16.2. The zero-order valence-electron chi connectivity index (χ0n) is 46.7. The van der Waals surface area contributed by atoms with Crippen molar-refractivity contribution in [3.05, 3.63) is 192 Å². The summed E-state index contributed by atoms with van der Waals surface area (Å²) in [6.07, 6.45) is 2.59. The van der Waals surface area contributed by atoms with Crippen LogP contribution in [0.2, 0.25) is 0 Å². The number of phenolic OH excluding ortho intramolecular Hbond substituents is 1. The van der Waals surface area contributed by atoms with Gasteiger partial charge in [0.25, 0.3) is 0 Å². The molecule has 2 aromatic heterocycles. The van der Waals surface area contributed by atoms with Gasteiger partial charge in [-0.2, -0.15) is 0 Å². The van der Waals surface area contributed by atoms with E-state index in [9.17, 15) is 5.11 Å². The SMILES string of the molecule is [2H]C([2H])([2H])C(c1ccc(-c2ccnc(-c3cc(-c4ccccc4)cc(-c4cccc5c4nc(-c4cc(C)cc(C(C)(C)C)c4O)n5-c4ccc(CC(C)C)cc4-c4ccccc4)c3)c2)cc1)(C([2H])([2H])[2H])C([2H])([2H])[2H]. The van der Waals surface area contributed by atoms with E-state index in [0.717, 1.165) is 73.2 Å². The van der Waals surface area contributed by atoms with Crippen LogP contribution in [0.25, 0.3) is 83.9 Å². The molecule has 1 N–H and O–H groups in total. The second kappa shape index (κ2) is 17.2. The third kappa shape index (κ3) is 8.78. The third-order valence-corrected chi connectivity index (χ3v) is 12.1. The molecule has 0 saturated carbocycles. The summed E-state index contributed by atoms with van der Waals surface area (Å²) < 4.78 is 76.2. The van der Waals surface area contributed by atoms with Gasteiger partial charge in [0.2, 0.25) is 0 Å². The van der Waals surface area contributed by atoms with Gasteiger partial charge in [0.1, 0.15) is 11.6 Å². The molecule has 2 heterocycles. The Morgan fingerprint density at radius 1 is 0.585 bits per heavy atom. The summed E-state index contributed by atoms with van der Waals surface area (Å²) >= 11 is 0. The maximum absolute atomic E-state index is 12.4. The van der Waals surface area contributed by atoms with Gasteiger partial charge in [0.15, 0.2) is 0 Å². The van der Waals surface area contributed by atoms with Crippen molar-refractivity contribution in [2.45, 2.75) is 79.3 Å². The minimum absolute atomic E-state index is 0.180. The van der Waals surface area contributed by atoms with Crippen molar-refractivity contribution in [2.24, 2.45) is 5.92 Å². The molecule has 0 fully saturated rings. The lowest BCUT2D eigenvalue weighted by atomic mass is 9.84. The monoisotopic (exact) mass is 859 g/mol. The van der Waals surface area contributed by atoms with E-state index in [-0.39, 0.29) is 16.7 Å². The maximum Gasteiger partial charge on any atom is 0.149 e. The highest BCUT2D eigenvalue weighted by atomic mass is 16.3. The Morgan fingerprint density at radius 2 is 1.26 bits per heavy atom. The Hall–Kier alpha value is -7.04. The average molecular weight is 859 g/mol. The number of benzene rings is 7. The van der Waals surface area contributed by atoms with Crippen molar-refractivity contribution >= 4 is 11.0 Å². The van der Waals surface area contributed by atoms with Crippen molar-refractivity contribution in [2.75, 3.05) is 0 Å². The minimum atomic E-state index is -3.37. The first kappa shape index (κ1) is 33.5. The van der Waals surface area contributed by atoms with Gasteiger partial charge in [0, 0.05) is 40.8 Å². The van der Waals surface area contributed by atoms with Crippen LogP contribution in [0.1, 0.15) is 89.8 Å². The molecule has 4 heteroatoms. The second-order valence-electron chi connectivity index (χ2n) is 18.6. The summed E-state index contributed by atoms with van der Waals surface area (Å²) in [5.74, 6) is 1.23. The molecule has 0 spiro atoms. The Kier molecular flexibility index (Phi) is 8.83. The Bertz CT molecular complexity index is 3480. The van der Waals surface area contributed by atoms with Crippen LogP contribution in [0.15, 0.2) is 170 Å². The smallest absolute Gasteiger partial charge is 0.149 e. The molecule has 324 valence electrons. The van der Waals surface area contributed by atoms with E-state index in [2.05, 4.69) is 124 Å². The van der Waals surface area contributed by atoms with Crippen molar-refractivity contribution in [1.82, 2.24) is 14.5 Å². The van der Waals surface area contributed by atoms with Gasteiger partial charge in [0.05, 0.1) is 28.0 Å². The van der Waals surface area contributed by atoms with Crippen molar-refractivity contribution in [3.8, 4) is 78.6 Å². The first-order chi connectivity index (χ1) is 34.9. The Labute approximate surface area is 398 Å². The first-order valence-electron chi connectivity index (χ1n) is 26.7.